The number of aromatic amines is 1. The molecule has 0 spiro atoms. The number of hydrogen-bond acceptors (Lipinski definition) is 9. The second-order valence-electron chi connectivity index (χ2n) is 11.6. The Morgan fingerprint density at radius 3 is 2.20 bits per heavy atom. The molecule has 3 amide bonds. The van der Waals surface area contributed by atoms with Gasteiger partial charge in [-0.15, -0.1) is 0 Å². The number of amides is 3. The minimum absolute atomic E-state index is 0.0490. The smallest absolute Gasteiger partial charge is 0.346 e. The van der Waals surface area contributed by atoms with Crippen molar-refractivity contribution in [3.63, 3.8) is 0 Å². The van der Waals surface area contributed by atoms with Gasteiger partial charge in [0.25, 0.3) is 5.91 Å². The highest BCUT2D eigenvalue weighted by molar-refractivity contribution is 6.08. The van der Waals surface area contributed by atoms with E-state index in [2.05, 4.69) is 44.7 Å². The van der Waals surface area contributed by atoms with Gasteiger partial charge in [-0.2, -0.15) is 0 Å². The first-order chi connectivity index (χ1) is 20.8. The first-order valence-corrected chi connectivity index (χ1v) is 14.5. The number of likely N-dealkylation sites (tertiary alicyclic amines) is 1. The SMILES string of the molecule is COc1cccc(OC)c1C(=O)Nc1[nH]c(=O)ncc1CC(NC(=O)NC1(C(=O)C(C)C)CCN(CC(C)C)CC1)C(=O)O. The molecular weight excluding hydrogens is 572 g/mol. The summed E-state index contributed by atoms with van der Waals surface area (Å²) in [6, 6.07) is 2.44. The summed E-state index contributed by atoms with van der Waals surface area (Å²) >= 11 is 0. The number of carbonyl (C=O) groups is 4. The van der Waals surface area contributed by atoms with E-state index in [1.807, 2.05) is 0 Å². The number of piperidine rings is 1. The number of rotatable bonds is 13. The number of methoxy groups -OCH3 is 2. The molecule has 14 nitrogen and oxygen atoms in total. The minimum Gasteiger partial charge on any atom is -0.496 e. The number of nitrogens with one attached hydrogen (secondary N) is 4. The van der Waals surface area contributed by atoms with Crippen LogP contribution in [0.25, 0.3) is 0 Å². The number of aliphatic carboxylic acids is 1. The maximum atomic E-state index is 13.3. The summed E-state index contributed by atoms with van der Waals surface area (Å²) < 4.78 is 10.6. The molecule has 1 saturated heterocycles. The van der Waals surface area contributed by atoms with Crippen LogP contribution in [0.5, 0.6) is 11.5 Å². The van der Waals surface area contributed by atoms with Gasteiger partial charge in [-0.25, -0.2) is 19.4 Å². The van der Waals surface area contributed by atoms with Crippen LogP contribution < -0.4 is 31.1 Å². The normalized spacial score (nSPS) is 15.4. The molecule has 2 aromatic rings. The van der Waals surface area contributed by atoms with Crippen molar-refractivity contribution in [2.75, 3.05) is 39.2 Å². The Kier molecular flexibility index (Phi) is 11.5. The lowest BCUT2D eigenvalue weighted by molar-refractivity contribution is -0.139. The molecule has 2 heterocycles. The second-order valence-corrected chi connectivity index (χ2v) is 11.6. The molecule has 44 heavy (non-hydrogen) atoms. The number of urea groups is 1. The van der Waals surface area contributed by atoms with Crippen LogP contribution in [0, 0.1) is 11.8 Å². The van der Waals surface area contributed by atoms with E-state index in [0.717, 1.165) is 12.7 Å². The van der Waals surface area contributed by atoms with E-state index >= 15 is 0 Å². The zero-order chi connectivity index (χ0) is 32.6. The van der Waals surface area contributed by atoms with Crippen LogP contribution in [-0.2, 0) is 16.0 Å². The van der Waals surface area contributed by atoms with E-state index in [0.29, 0.717) is 31.8 Å². The molecule has 0 saturated carbocycles. The predicted molar refractivity (Wildman–Crippen MR) is 162 cm³/mol. The Morgan fingerprint density at radius 1 is 1.07 bits per heavy atom. The molecule has 1 fully saturated rings. The molecule has 1 unspecified atom stereocenters. The fourth-order valence-corrected chi connectivity index (χ4v) is 5.39. The number of benzene rings is 1. The summed E-state index contributed by atoms with van der Waals surface area (Å²) in [4.78, 5) is 72.4. The Balaban J connectivity index is 1.81. The van der Waals surface area contributed by atoms with Gasteiger partial charge in [0, 0.05) is 43.7 Å². The molecule has 5 N–H and O–H groups in total. The molecule has 1 aliphatic rings. The zero-order valence-corrected chi connectivity index (χ0v) is 26.0. The molecule has 1 aromatic heterocycles. The topological polar surface area (TPSA) is 192 Å². The van der Waals surface area contributed by atoms with Gasteiger partial charge in [0.1, 0.15) is 34.5 Å². The minimum atomic E-state index is -1.49. The summed E-state index contributed by atoms with van der Waals surface area (Å²) in [7, 11) is 2.76. The van der Waals surface area contributed by atoms with Gasteiger partial charge < -0.3 is 35.4 Å². The van der Waals surface area contributed by atoms with Gasteiger partial charge in [-0.05, 0) is 30.9 Å². The third-order valence-electron chi connectivity index (χ3n) is 7.49. The van der Waals surface area contributed by atoms with Crippen LogP contribution >= 0.6 is 0 Å². The average molecular weight is 615 g/mol. The second kappa shape index (κ2) is 14.8. The fourth-order valence-electron chi connectivity index (χ4n) is 5.39. The summed E-state index contributed by atoms with van der Waals surface area (Å²) in [5, 5.41) is 17.8. The molecule has 1 aliphatic heterocycles. The number of carbonyl (C=O) groups excluding carboxylic acids is 3. The molecule has 240 valence electrons. The van der Waals surface area contributed by atoms with Crippen molar-refractivity contribution in [3.05, 3.63) is 46.0 Å². The molecule has 1 atom stereocenters. The Bertz CT molecular complexity index is 1390. The lowest BCUT2D eigenvalue weighted by Crippen LogP contribution is -2.64. The number of carboxylic acid groups (broad SMARTS) is 1. The quantitative estimate of drug-likeness (QED) is 0.223. The molecule has 0 aliphatic carbocycles. The van der Waals surface area contributed by atoms with Crippen molar-refractivity contribution in [2.24, 2.45) is 11.8 Å². The summed E-state index contributed by atoms with van der Waals surface area (Å²) in [6.45, 7) is 9.86. The number of Topliss-reactive ketones (excluding diaryl/α,β-unsaturated/α-hetero) is 1. The molecule has 0 radical (unpaired) electrons. The number of hydrogen-bond donors (Lipinski definition) is 5. The van der Waals surface area contributed by atoms with Crippen LogP contribution in [-0.4, -0.2) is 89.1 Å². The summed E-state index contributed by atoms with van der Waals surface area (Å²) in [6.07, 6.45) is 1.57. The number of aromatic nitrogens is 2. The Labute approximate surface area is 255 Å². The van der Waals surface area contributed by atoms with Gasteiger partial charge in [-0.3, -0.25) is 14.6 Å². The summed E-state index contributed by atoms with van der Waals surface area (Å²) in [5.41, 5.74) is -1.74. The molecule has 14 heteroatoms. The van der Waals surface area contributed by atoms with Crippen molar-refractivity contribution in [2.45, 2.75) is 58.5 Å². The third-order valence-corrected chi connectivity index (χ3v) is 7.49. The van der Waals surface area contributed by atoms with Gasteiger partial charge in [0.15, 0.2) is 5.78 Å². The highest BCUT2D eigenvalue weighted by Crippen LogP contribution is 2.30. The third kappa shape index (κ3) is 8.34. The van der Waals surface area contributed by atoms with E-state index in [9.17, 15) is 29.1 Å². The van der Waals surface area contributed by atoms with Crippen molar-refractivity contribution in [1.82, 2.24) is 25.5 Å². The monoisotopic (exact) mass is 614 g/mol. The van der Waals surface area contributed by atoms with Crippen molar-refractivity contribution in [3.8, 4) is 11.5 Å². The van der Waals surface area contributed by atoms with Crippen LogP contribution in [0.4, 0.5) is 10.6 Å². The number of ether oxygens (including phenoxy) is 2. The summed E-state index contributed by atoms with van der Waals surface area (Å²) in [5.74, 6) is -1.77. The number of nitrogens with zero attached hydrogens (tertiary/aromatic N) is 2. The zero-order valence-electron chi connectivity index (χ0n) is 26.0. The van der Waals surface area contributed by atoms with E-state index < -0.39 is 35.2 Å². The highest BCUT2D eigenvalue weighted by Gasteiger charge is 2.43. The lowest BCUT2D eigenvalue weighted by Gasteiger charge is -2.42. The van der Waals surface area contributed by atoms with Crippen LogP contribution in [0.15, 0.2) is 29.2 Å². The van der Waals surface area contributed by atoms with Crippen LogP contribution in [0.1, 0.15) is 56.5 Å². The van der Waals surface area contributed by atoms with Gasteiger partial charge >= 0.3 is 17.7 Å². The molecular formula is C30H42N6O8. The Hall–Kier alpha value is -4.46. The first-order valence-electron chi connectivity index (χ1n) is 14.5. The van der Waals surface area contributed by atoms with Gasteiger partial charge in [-0.1, -0.05) is 33.8 Å². The average Bonchev–Trinajstić information content (AvgIpc) is 2.97. The molecule has 1 aromatic carbocycles. The van der Waals surface area contributed by atoms with E-state index in [-0.39, 0.29) is 46.6 Å². The van der Waals surface area contributed by atoms with Crippen molar-refractivity contribution < 1.29 is 33.8 Å². The molecule has 0 bridgehead atoms. The van der Waals surface area contributed by atoms with Crippen molar-refractivity contribution >= 4 is 29.5 Å². The van der Waals surface area contributed by atoms with Gasteiger partial charge in [0.2, 0.25) is 0 Å². The van der Waals surface area contributed by atoms with Gasteiger partial charge in [0.05, 0.1) is 14.2 Å². The van der Waals surface area contributed by atoms with Crippen LogP contribution in [0.2, 0.25) is 0 Å². The van der Waals surface area contributed by atoms with E-state index in [4.69, 9.17) is 9.47 Å². The van der Waals surface area contributed by atoms with E-state index in [1.54, 1.807) is 32.0 Å². The first kappa shape index (κ1) is 34.0. The number of anilines is 1. The number of ketones is 1. The predicted octanol–water partition coefficient (Wildman–Crippen LogP) is 2.05. The maximum Gasteiger partial charge on any atom is 0.346 e. The number of H-pyrrole nitrogens is 1. The largest absolute Gasteiger partial charge is 0.496 e. The van der Waals surface area contributed by atoms with Crippen molar-refractivity contribution in [1.29, 1.82) is 0 Å². The molecule has 3 rings (SSSR count). The van der Waals surface area contributed by atoms with E-state index in [1.165, 1.54) is 14.2 Å². The number of carboxylic acids is 1. The lowest BCUT2D eigenvalue weighted by atomic mass is 9.79. The maximum absolute atomic E-state index is 13.3. The standard InChI is InChI=1S/C30H42N6O8/c1-17(2)16-36-12-10-30(11-13-36,24(37)18(3)4)35-29(42)32-20(27(39)40)14-19-15-31-28(41)34-25(19)33-26(38)23-21(43-5)8-7-9-22(23)44-6/h7-9,15,17-18,20H,10-14,16H2,1-6H3,(H,39,40)(H2,32,35,42)(H2,31,33,34,38,41). The van der Waals surface area contributed by atoms with Crippen LogP contribution in [0.3, 0.4) is 0 Å². The highest BCUT2D eigenvalue weighted by atomic mass is 16.5. The Morgan fingerprint density at radius 2 is 1.68 bits per heavy atom. The fraction of sp³-hybridized carbons (Fsp3) is 0.533.